The fourth-order valence-corrected chi connectivity index (χ4v) is 4.04. The molecule has 140 valence electrons. The van der Waals surface area contributed by atoms with Crippen LogP contribution in [0, 0.1) is 0 Å². The maximum absolute atomic E-state index is 12.3. The number of nitrogens with one attached hydrogen (secondary N) is 2. The molecule has 2 aromatic rings. The van der Waals surface area contributed by atoms with Crippen LogP contribution in [0.25, 0.3) is 6.08 Å². The van der Waals surface area contributed by atoms with Crippen molar-refractivity contribution in [2.45, 2.75) is 18.3 Å². The average Bonchev–Trinajstić information content (AvgIpc) is 3.01. The van der Waals surface area contributed by atoms with Crippen molar-refractivity contribution in [1.29, 1.82) is 0 Å². The molecule has 27 heavy (non-hydrogen) atoms. The quantitative estimate of drug-likeness (QED) is 0.733. The Balaban J connectivity index is 1.48. The van der Waals surface area contributed by atoms with Crippen molar-refractivity contribution in [3.05, 3.63) is 63.6 Å². The monoisotopic (exact) mass is 402 g/mol. The molecule has 0 aromatic heterocycles. The van der Waals surface area contributed by atoms with Crippen LogP contribution < -0.4 is 15.4 Å². The van der Waals surface area contributed by atoms with Gasteiger partial charge in [-0.05, 0) is 67.9 Å². The van der Waals surface area contributed by atoms with Crippen LogP contribution in [-0.2, 0) is 10.2 Å². The molecule has 0 atom stereocenters. The van der Waals surface area contributed by atoms with E-state index in [1.807, 2.05) is 18.2 Å². The van der Waals surface area contributed by atoms with Crippen LogP contribution in [0.1, 0.15) is 24.0 Å². The van der Waals surface area contributed by atoms with Crippen LogP contribution in [0.5, 0.6) is 5.75 Å². The summed E-state index contributed by atoms with van der Waals surface area (Å²) in [6.07, 6.45) is 5.30. The van der Waals surface area contributed by atoms with Gasteiger partial charge in [0.1, 0.15) is 5.75 Å². The first kappa shape index (κ1) is 18.4. The lowest BCUT2D eigenvalue weighted by Crippen LogP contribution is -2.41. The molecule has 1 amide bonds. The Morgan fingerprint density at radius 2 is 1.93 bits per heavy atom. The molecular weight excluding hydrogens is 383 g/mol. The zero-order chi connectivity index (χ0) is 18.9. The number of carbonyl (C=O) groups excluding carboxylic acids is 1. The van der Waals surface area contributed by atoms with Crippen LogP contribution in [0.4, 0.5) is 5.69 Å². The first-order chi connectivity index (χ1) is 13.1. The van der Waals surface area contributed by atoms with Gasteiger partial charge in [0, 0.05) is 22.7 Å². The first-order valence-corrected chi connectivity index (χ1v) is 9.74. The molecule has 6 heteroatoms. The summed E-state index contributed by atoms with van der Waals surface area (Å²) in [6, 6.07) is 11.1. The summed E-state index contributed by atoms with van der Waals surface area (Å²) >= 11 is 11.9. The molecule has 2 heterocycles. The maximum Gasteiger partial charge on any atom is 0.248 e. The standard InChI is InChI=1S/C21H20Cl2N2O2/c22-17-4-1-14(11-18(17)23)2-6-20(26)25-15-3-5-19-16(12-15)21(13-27-19)7-9-24-10-8-21/h1-6,11-12,24H,7-10,13H2,(H,25,26). The molecule has 4 nitrogen and oxygen atoms in total. The van der Waals surface area contributed by atoms with Crippen LogP contribution in [0.3, 0.4) is 0 Å². The van der Waals surface area contributed by atoms with Gasteiger partial charge < -0.3 is 15.4 Å². The van der Waals surface area contributed by atoms with E-state index in [0.717, 1.165) is 49.5 Å². The minimum absolute atomic E-state index is 0.0667. The van der Waals surface area contributed by atoms with E-state index < -0.39 is 0 Å². The van der Waals surface area contributed by atoms with Gasteiger partial charge >= 0.3 is 0 Å². The van der Waals surface area contributed by atoms with E-state index in [1.165, 1.54) is 11.6 Å². The fourth-order valence-electron chi connectivity index (χ4n) is 3.73. The van der Waals surface area contributed by atoms with Crippen LogP contribution >= 0.6 is 23.2 Å². The molecule has 1 spiro atoms. The number of benzene rings is 2. The predicted octanol–water partition coefficient (Wildman–Crippen LogP) is 4.66. The summed E-state index contributed by atoms with van der Waals surface area (Å²) in [7, 11) is 0. The number of ether oxygens (including phenoxy) is 1. The number of fused-ring (bicyclic) bond motifs is 2. The largest absolute Gasteiger partial charge is 0.492 e. The second kappa shape index (κ2) is 7.55. The Bertz CT molecular complexity index is 900. The van der Waals surface area contributed by atoms with Crippen molar-refractivity contribution >= 4 is 40.9 Å². The summed E-state index contributed by atoms with van der Waals surface area (Å²) in [6.45, 7) is 2.70. The van der Waals surface area contributed by atoms with Gasteiger partial charge in [-0.15, -0.1) is 0 Å². The van der Waals surface area contributed by atoms with Crippen molar-refractivity contribution in [1.82, 2.24) is 5.32 Å². The topological polar surface area (TPSA) is 50.4 Å². The van der Waals surface area contributed by atoms with Crippen molar-refractivity contribution < 1.29 is 9.53 Å². The highest BCUT2D eigenvalue weighted by molar-refractivity contribution is 6.42. The third-order valence-corrected chi connectivity index (χ3v) is 5.99. The molecule has 2 aliphatic rings. The first-order valence-electron chi connectivity index (χ1n) is 8.98. The number of hydrogen-bond acceptors (Lipinski definition) is 3. The Labute approximate surface area is 168 Å². The SMILES string of the molecule is O=C(C=Cc1ccc(Cl)c(Cl)c1)Nc1ccc2c(c1)C1(CCNCC1)CO2. The highest BCUT2D eigenvalue weighted by Gasteiger charge is 2.41. The third kappa shape index (κ3) is 3.84. The van der Waals surface area contributed by atoms with Crippen molar-refractivity contribution in [2.75, 3.05) is 25.0 Å². The predicted molar refractivity (Wildman–Crippen MR) is 110 cm³/mol. The van der Waals surface area contributed by atoms with E-state index in [2.05, 4.69) is 16.7 Å². The number of carbonyl (C=O) groups is 1. The highest BCUT2D eigenvalue weighted by Crippen LogP contribution is 2.45. The van der Waals surface area contributed by atoms with E-state index in [9.17, 15) is 4.79 Å². The molecular formula is C21H20Cl2N2O2. The normalized spacial score (nSPS) is 17.7. The Morgan fingerprint density at radius 1 is 1.11 bits per heavy atom. The van der Waals surface area contributed by atoms with Gasteiger partial charge in [-0.25, -0.2) is 0 Å². The third-order valence-electron chi connectivity index (χ3n) is 5.25. The summed E-state index contributed by atoms with van der Waals surface area (Å²) in [5, 5.41) is 7.29. The number of hydrogen-bond donors (Lipinski definition) is 2. The Morgan fingerprint density at radius 3 is 2.70 bits per heavy atom. The smallest absolute Gasteiger partial charge is 0.248 e. The molecule has 0 radical (unpaired) electrons. The Kier molecular flexibility index (Phi) is 5.13. The molecule has 2 aliphatic heterocycles. The maximum atomic E-state index is 12.3. The molecule has 4 rings (SSSR count). The summed E-state index contributed by atoms with van der Waals surface area (Å²) in [4.78, 5) is 12.3. The molecule has 1 saturated heterocycles. The van der Waals surface area contributed by atoms with Crippen molar-refractivity contribution in [3.8, 4) is 5.75 Å². The molecule has 0 aliphatic carbocycles. The molecule has 0 saturated carbocycles. The number of amides is 1. The van der Waals surface area contributed by atoms with Crippen LogP contribution in [0.15, 0.2) is 42.5 Å². The lowest BCUT2D eigenvalue weighted by Gasteiger charge is -2.32. The Hall–Kier alpha value is -2.01. The molecule has 1 fully saturated rings. The van der Waals surface area contributed by atoms with Gasteiger partial charge in [0.25, 0.3) is 0 Å². The lowest BCUT2D eigenvalue weighted by molar-refractivity contribution is -0.111. The van der Waals surface area contributed by atoms with E-state index in [4.69, 9.17) is 27.9 Å². The molecule has 2 aromatic carbocycles. The van der Waals surface area contributed by atoms with Gasteiger partial charge in [-0.1, -0.05) is 29.3 Å². The zero-order valence-electron chi connectivity index (χ0n) is 14.7. The second-order valence-corrected chi connectivity index (χ2v) is 7.84. The summed E-state index contributed by atoms with van der Waals surface area (Å²) < 4.78 is 5.90. The minimum Gasteiger partial charge on any atom is -0.492 e. The minimum atomic E-state index is -0.195. The van der Waals surface area contributed by atoms with E-state index in [-0.39, 0.29) is 11.3 Å². The van der Waals surface area contributed by atoms with Crippen molar-refractivity contribution in [2.24, 2.45) is 0 Å². The van der Waals surface area contributed by atoms with Gasteiger partial charge in [0.2, 0.25) is 5.91 Å². The molecule has 0 unspecified atom stereocenters. The molecule has 2 N–H and O–H groups in total. The van der Waals surface area contributed by atoms with Gasteiger partial charge in [0.05, 0.1) is 16.7 Å². The number of rotatable bonds is 3. The van der Waals surface area contributed by atoms with E-state index >= 15 is 0 Å². The number of anilines is 1. The lowest BCUT2D eigenvalue weighted by atomic mass is 9.75. The number of halogens is 2. The highest BCUT2D eigenvalue weighted by atomic mass is 35.5. The van der Waals surface area contributed by atoms with Crippen LogP contribution in [0.2, 0.25) is 10.0 Å². The van der Waals surface area contributed by atoms with E-state index in [1.54, 1.807) is 18.2 Å². The zero-order valence-corrected chi connectivity index (χ0v) is 16.2. The van der Waals surface area contributed by atoms with Gasteiger partial charge in [-0.3, -0.25) is 4.79 Å². The summed E-state index contributed by atoms with van der Waals surface area (Å²) in [5.41, 5.74) is 2.86. The van der Waals surface area contributed by atoms with Crippen molar-refractivity contribution in [3.63, 3.8) is 0 Å². The molecule has 0 bridgehead atoms. The number of piperidine rings is 1. The van der Waals surface area contributed by atoms with Gasteiger partial charge in [-0.2, -0.15) is 0 Å². The fraction of sp³-hybridized carbons (Fsp3) is 0.286. The summed E-state index contributed by atoms with van der Waals surface area (Å²) in [5.74, 6) is 0.737. The van der Waals surface area contributed by atoms with Gasteiger partial charge in [0.15, 0.2) is 0 Å². The second-order valence-electron chi connectivity index (χ2n) is 7.03. The average molecular weight is 403 g/mol. The van der Waals surface area contributed by atoms with Crippen LogP contribution in [-0.4, -0.2) is 25.6 Å². The van der Waals surface area contributed by atoms with E-state index in [0.29, 0.717) is 10.0 Å².